The maximum absolute atomic E-state index is 5.91. The molecule has 0 amide bonds. The summed E-state index contributed by atoms with van der Waals surface area (Å²) in [5, 5.41) is 9.30. The van der Waals surface area contributed by atoms with Gasteiger partial charge in [0.05, 0.1) is 5.69 Å². The lowest BCUT2D eigenvalue weighted by atomic mass is 10.3. The summed E-state index contributed by atoms with van der Waals surface area (Å²) >= 11 is 1.41. The SMILES string of the molecule is Cc1ccnc(Sc2nncn2C)c1N. The molecule has 0 saturated heterocycles. The third kappa shape index (κ3) is 1.94. The van der Waals surface area contributed by atoms with E-state index in [1.165, 1.54) is 11.8 Å². The van der Waals surface area contributed by atoms with Crippen molar-refractivity contribution in [3.63, 3.8) is 0 Å². The van der Waals surface area contributed by atoms with Gasteiger partial charge in [0, 0.05) is 13.2 Å². The summed E-state index contributed by atoms with van der Waals surface area (Å²) in [5.41, 5.74) is 7.63. The molecule has 0 aromatic carbocycles. The third-order valence-electron chi connectivity index (χ3n) is 2.03. The molecule has 2 N–H and O–H groups in total. The highest BCUT2D eigenvalue weighted by atomic mass is 32.2. The van der Waals surface area contributed by atoms with Crippen LogP contribution in [0.15, 0.2) is 28.8 Å². The summed E-state index contributed by atoms with van der Waals surface area (Å²) in [6.07, 6.45) is 3.39. The zero-order valence-corrected chi connectivity index (χ0v) is 9.32. The molecular formula is C9H11N5S. The first-order chi connectivity index (χ1) is 7.18. The van der Waals surface area contributed by atoms with Crippen molar-refractivity contribution in [3.8, 4) is 0 Å². The molecule has 0 spiro atoms. The van der Waals surface area contributed by atoms with Gasteiger partial charge < -0.3 is 10.3 Å². The third-order valence-corrected chi connectivity index (χ3v) is 3.10. The molecule has 2 rings (SSSR count). The van der Waals surface area contributed by atoms with Gasteiger partial charge in [-0.2, -0.15) is 0 Å². The molecule has 0 unspecified atom stereocenters. The number of nitrogen functional groups attached to an aromatic ring is 1. The zero-order valence-electron chi connectivity index (χ0n) is 8.51. The number of anilines is 1. The van der Waals surface area contributed by atoms with Gasteiger partial charge >= 0.3 is 0 Å². The Balaban J connectivity index is 2.33. The summed E-state index contributed by atoms with van der Waals surface area (Å²) in [6, 6.07) is 1.88. The van der Waals surface area contributed by atoms with Crippen LogP contribution >= 0.6 is 11.8 Å². The van der Waals surface area contributed by atoms with Crippen molar-refractivity contribution in [2.75, 3.05) is 5.73 Å². The van der Waals surface area contributed by atoms with Crippen LogP contribution in [0.4, 0.5) is 5.69 Å². The fourth-order valence-electron chi connectivity index (χ4n) is 1.08. The first kappa shape index (κ1) is 9.97. The van der Waals surface area contributed by atoms with E-state index < -0.39 is 0 Å². The van der Waals surface area contributed by atoms with Crippen LogP contribution in [0.2, 0.25) is 0 Å². The van der Waals surface area contributed by atoms with Crippen LogP contribution in [-0.2, 0) is 7.05 Å². The highest BCUT2D eigenvalue weighted by molar-refractivity contribution is 7.99. The minimum Gasteiger partial charge on any atom is -0.396 e. The van der Waals surface area contributed by atoms with Crippen molar-refractivity contribution in [1.29, 1.82) is 0 Å². The van der Waals surface area contributed by atoms with Crippen LogP contribution in [0.1, 0.15) is 5.56 Å². The summed E-state index contributed by atoms with van der Waals surface area (Å²) in [4.78, 5) is 4.21. The van der Waals surface area contributed by atoms with Crippen LogP contribution in [0.5, 0.6) is 0 Å². The Bertz CT molecular complexity index is 479. The van der Waals surface area contributed by atoms with Crippen LogP contribution in [-0.4, -0.2) is 19.7 Å². The highest BCUT2D eigenvalue weighted by Crippen LogP contribution is 2.29. The molecule has 2 heterocycles. The van der Waals surface area contributed by atoms with Crippen LogP contribution in [0, 0.1) is 6.92 Å². The van der Waals surface area contributed by atoms with Crippen LogP contribution in [0.3, 0.4) is 0 Å². The summed E-state index contributed by atoms with van der Waals surface area (Å²) in [5.74, 6) is 0. The number of nitrogens with zero attached hydrogens (tertiary/aromatic N) is 4. The van der Waals surface area contributed by atoms with Gasteiger partial charge in [0.25, 0.3) is 0 Å². The number of hydrogen-bond donors (Lipinski definition) is 1. The van der Waals surface area contributed by atoms with Crippen molar-refractivity contribution in [2.24, 2.45) is 7.05 Å². The van der Waals surface area contributed by atoms with Crippen molar-refractivity contribution >= 4 is 17.4 Å². The Hall–Kier alpha value is -1.56. The monoisotopic (exact) mass is 221 g/mol. The molecule has 5 nitrogen and oxygen atoms in total. The minimum absolute atomic E-state index is 0.700. The van der Waals surface area contributed by atoms with Crippen LogP contribution in [0.25, 0.3) is 0 Å². The highest BCUT2D eigenvalue weighted by Gasteiger charge is 2.08. The fraction of sp³-hybridized carbons (Fsp3) is 0.222. The van der Waals surface area contributed by atoms with Gasteiger partial charge in [-0.25, -0.2) is 4.98 Å². The molecule has 6 heteroatoms. The molecule has 0 saturated carbocycles. The van der Waals surface area contributed by atoms with Crippen molar-refractivity contribution in [3.05, 3.63) is 24.2 Å². The first-order valence-corrected chi connectivity index (χ1v) is 5.23. The molecule has 2 aromatic rings. The molecule has 78 valence electrons. The van der Waals surface area contributed by atoms with E-state index in [0.717, 1.165) is 15.7 Å². The molecule has 0 bridgehead atoms. The maximum atomic E-state index is 5.91. The Morgan fingerprint density at radius 1 is 1.47 bits per heavy atom. The Kier molecular flexibility index (Phi) is 2.59. The molecule has 15 heavy (non-hydrogen) atoms. The quantitative estimate of drug-likeness (QED) is 0.826. The number of pyridine rings is 1. The summed E-state index contributed by atoms with van der Waals surface area (Å²) in [6.45, 7) is 1.96. The summed E-state index contributed by atoms with van der Waals surface area (Å²) in [7, 11) is 1.88. The van der Waals surface area contributed by atoms with Crippen molar-refractivity contribution in [1.82, 2.24) is 19.7 Å². The van der Waals surface area contributed by atoms with Gasteiger partial charge in [-0.1, -0.05) is 0 Å². The topological polar surface area (TPSA) is 69.6 Å². The molecule has 0 aliphatic heterocycles. The van der Waals surface area contributed by atoms with E-state index >= 15 is 0 Å². The van der Waals surface area contributed by atoms with Gasteiger partial charge in [0.2, 0.25) is 0 Å². The maximum Gasteiger partial charge on any atom is 0.197 e. The van der Waals surface area contributed by atoms with Crippen molar-refractivity contribution < 1.29 is 0 Å². The van der Waals surface area contributed by atoms with E-state index in [1.807, 2.05) is 24.6 Å². The van der Waals surface area contributed by atoms with Gasteiger partial charge in [0.15, 0.2) is 5.16 Å². The number of rotatable bonds is 2. The summed E-state index contributed by atoms with van der Waals surface area (Å²) < 4.78 is 1.83. The number of nitrogens with two attached hydrogens (primary N) is 1. The average Bonchev–Trinajstić information content (AvgIpc) is 2.60. The Morgan fingerprint density at radius 3 is 2.93 bits per heavy atom. The Morgan fingerprint density at radius 2 is 2.27 bits per heavy atom. The fourth-order valence-corrected chi connectivity index (χ4v) is 1.91. The van der Waals surface area contributed by atoms with E-state index in [0.29, 0.717) is 5.69 Å². The van der Waals surface area contributed by atoms with E-state index in [2.05, 4.69) is 15.2 Å². The predicted octanol–water partition coefficient (Wildman–Crippen LogP) is 1.25. The first-order valence-electron chi connectivity index (χ1n) is 4.41. The van der Waals surface area contributed by atoms with E-state index in [-0.39, 0.29) is 0 Å². The van der Waals surface area contributed by atoms with Gasteiger partial charge in [-0.3, -0.25) is 0 Å². The van der Waals surface area contributed by atoms with Gasteiger partial charge in [-0.15, -0.1) is 10.2 Å². The van der Waals surface area contributed by atoms with Crippen LogP contribution < -0.4 is 5.73 Å². The minimum atomic E-state index is 0.700. The standard InChI is InChI=1S/C9H11N5S/c1-6-3-4-11-8(7(6)10)15-9-13-12-5-14(9)2/h3-5H,10H2,1-2H3. The number of hydrogen-bond acceptors (Lipinski definition) is 5. The van der Waals surface area contributed by atoms with Crippen molar-refractivity contribution in [2.45, 2.75) is 17.1 Å². The lowest BCUT2D eigenvalue weighted by Gasteiger charge is -2.05. The van der Waals surface area contributed by atoms with E-state index in [9.17, 15) is 0 Å². The number of aromatic nitrogens is 4. The normalized spacial score (nSPS) is 10.5. The smallest absolute Gasteiger partial charge is 0.197 e. The Labute approximate surface area is 91.7 Å². The van der Waals surface area contributed by atoms with E-state index in [1.54, 1.807) is 12.5 Å². The average molecular weight is 221 g/mol. The van der Waals surface area contributed by atoms with Gasteiger partial charge in [-0.05, 0) is 30.3 Å². The van der Waals surface area contributed by atoms with E-state index in [4.69, 9.17) is 5.73 Å². The second-order valence-corrected chi connectivity index (χ2v) is 4.13. The molecule has 0 aliphatic rings. The van der Waals surface area contributed by atoms with Gasteiger partial charge in [0.1, 0.15) is 11.4 Å². The molecule has 0 fully saturated rings. The molecule has 0 atom stereocenters. The second-order valence-electron chi connectivity index (χ2n) is 3.17. The molecule has 0 radical (unpaired) electrons. The largest absolute Gasteiger partial charge is 0.396 e. The number of aryl methyl sites for hydroxylation is 2. The molecule has 2 aromatic heterocycles. The molecule has 0 aliphatic carbocycles. The lowest BCUT2D eigenvalue weighted by molar-refractivity contribution is 0.787. The molecular weight excluding hydrogens is 210 g/mol. The zero-order chi connectivity index (χ0) is 10.8. The second kappa shape index (κ2) is 3.90. The predicted molar refractivity (Wildman–Crippen MR) is 58.5 cm³/mol. The lowest BCUT2D eigenvalue weighted by Crippen LogP contribution is -1.96.